The third-order valence-electron chi connectivity index (χ3n) is 15.4. The van der Waals surface area contributed by atoms with Crippen molar-refractivity contribution < 1.29 is 4.79 Å². The number of nitrogens with zero attached hydrogens (tertiary/aromatic N) is 14. The van der Waals surface area contributed by atoms with Gasteiger partial charge in [-0.3, -0.25) is 28.4 Å². The zero-order valence-electron chi connectivity index (χ0n) is 56.2. The number of imidazole rings is 4. The van der Waals surface area contributed by atoms with Crippen molar-refractivity contribution in [2.45, 2.75) is 186 Å². The average Bonchev–Trinajstić information content (AvgIpc) is 1.68. The molecule has 9 aromatic rings. The minimum atomic E-state index is -0.0686. The molecule has 0 bridgehead atoms. The Balaban J connectivity index is 0.000000157. The zero-order valence-corrected chi connectivity index (χ0v) is 56.2. The SMILES string of the molecule is C=C(CC(C)C)Nc1nc2ccc(C)nc2n1CC(C)C.Cc1ccc(CC(=O)Nc2nc3ccc(C)nc3n2CC(C)C)cc1.[C-]#[N+]c1ccc2nc(NC(=C)CC(C)(C)C)n(C3CCC3)c2n1.[C-]#[N+]c1ccc2nc(NC(=C)CC(C)C)n(C3CCC3)c2n1. The zero-order chi connectivity index (χ0) is 65.8. The Kier molecular flexibility index (Phi) is 22.4. The number of anilines is 4. The molecule has 11 rings (SSSR count). The molecule has 2 saturated carbocycles. The number of allylic oxidation sites excluding steroid dienone is 3. The number of benzene rings is 1. The van der Waals surface area contributed by atoms with Gasteiger partial charge in [0, 0.05) is 53.7 Å². The van der Waals surface area contributed by atoms with Crippen LogP contribution in [0, 0.1) is 63.0 Å². The molecular weight excluding hydrogens is 1130 g/mol. The second kappa shape index (κ2) is 30.1. The van der Waals surface area contributed by atoms with Gasteiger partial charge in [0.1, 0.15) is 22.1 Å². The largest absolute Gasteiger partial charge is 0.361 e. The maximum atomic E-state index is 12.5. The summed E-state index contributed by atoms with van der Waals surface area (Å²) in [7, 11) is 0. The van der Waals surface area contributed by atoms with Gasteiger partial charge in [-0.25, -0.2) is 29.9 Å². The van der Waals surface area contributed by atoms with Gasteiger partial charge in [0.25, 0.3) is 22.9 Å². The van der Waals surface area contributed by atoms with Gasteiger partial charge >= 0.3 is 0 Å². The van der Waals surface area contributed by atoms with E-state index in [9.17, 15) is 4.79 Å². The molecule has 2 aliphatic rings. The molecule has 0 unspecified atom stereocenters. The molecule has 8 aromatic heterocycles. The van der Waals surface area contributed by atoms with Crippen molar-refractivity contribution in [2.75, 3.05) is 21.3 Å². The third-order valence-corrected chi connectivity index (χ3v) is 15.4. The van der Waals surface area contributed by atoms with Gasteiger partial charge in [-0.05, 0) is 162 Å². The number of aryl methyl sites for hydroxylation is 3. The molecular formula is C72H94N18O. The lowest BCUT2D eigenvalue weighted by Crippen LogP contribution is -2.20. The van der Waals surface area contributed by atoms with Crippen molar-refractivity contribution in [3.63, 3.8) is 0 Å². The standard InChI is InChI=1S/C20H24N4O.C18H23N5.C17H21N5.C17H26N4/c1-13(2)12-24-19-17(10-7-15(4)21-19)22-20(24)23-18(25)11-16-8-5-14(3)6-9-16;1-12(11-18(2,3)4)20-17-21-14-9-10-15(19-5)22-16(14)23(17)13-7-6-8-13;1-11(2)10-12(3)19-17-20-14-8-9-15(18-4)21-16(14)22(17)13-6-5-7-13;1-11(2)9-14(6)19-17-20-15-8-7-13(5)18-16(15)21(17)10-12(3)4/h5-10,13H,11-12H2,1-4H3,(H,22,23,25);9-10,13H,1,6-8,11H2,2-4H3,(H,20,21);8-9,11,13H,3,5-7,10H2,1-2H3,(H,19,20);7-8,11-12H,6,9-10H2,1-5H3,(H,19,20). The van der Waals surface area contributed by atoms with Crippen LogP contribution in [0.1, 0.15) is 169 Å². The fourth-order valence-electron chi connectivity index (χ4n) is 11.0. The molecule has 2 fully saturated rings. The Bertz CT molecular complexity index is 4120. The topological polar surface area (TPSA) is 197 Å². The normalized spacial score (nSPS) is 13.2. The van der Waals surface area contributed by atoms with Crippen LogP contribution in [-0.4, -0.2) is 64.0 Å². The molecule has 91 heavy (non-hydrogen) atoms. The van der Waals surface area contributed by atoms with Gasteiger partial charge < -0.3 is 25.6 Å². The van der Waals surface area contributed by atoms with Crippen LogP contribution in [0.15, 0.2) is 110 Å². The van der Waals surface area contributed by atoms with E-state index in [1.807, 2.05) is 86.0 Å². The quantitative estimate of drug-likeness (QED) is 0.0528. The fraction of sp³-hybridized carbons (Fsp3) is 0.458. The van der Waals surface area contributed by atoms with Crippen LogP contribution >= 0.6 is 0 Å². The molecule has 0 spiro atoms. The Morgan fingerprint density at radius 2 is 0.890 bits per heavy atom. The predicted octanol–water partition coefficient (Wildman–Crippen LogP) is 18.0. The summed E-state index contributed by atoms with van der Waals surface area (Å²) in [5, 5.41) is 13.1. The molecule has 0 saturated heterocycles. The van der Waals surface area contributed by atoms with Crippen LogP contribution in [-0.2, 0) is 24.3 Å². The summed E-state index contributed by atoms with van der Waals surface area (Å²) in [4.78, 5) is 56.1. The first kappa shape index (κ1) is 67.7. The smallest absolute Gasteiger partial charge is 0.271 e. The molecule has 1 aromatic carbocycles. The number of pyridine rings is 4. The summed E-state index contributed by atoms with van der Waals surface area (Å²) in [6, 6.07) is 24.0. The minimum absolute atomic E-state index is 0.0686. The van der Waals surface area contributed by atoms with Gasteiger partial charge in [0.05, 0.1) is 6.42 Å². The molecule has 0 radical (unpaired) electrons. The molecule has 0 atom stereocenters. The molecule has 4 N–H and O–H groups in total. The first-order valence-corrected chi connectivity index (χ1v) is 32.1. The summed E-state index contributed by atoms with van der Waals surface area (Å²) in [6.07, 6.45) is 10.1. The van der Waals surface area contributed by atoms with Gasteiger partial charge in [-0.2, -0.15) is 0 Å². The van der Waals surface area contributed by atoms with Crippen molar-refractivity contribution in [3.05, 3.63) is 155 Å². The van der Waals surface area contributed by atoms with E-state index in [0.717, 1.165) is 155 Å². The number of rotatable bonds is 20. The first-order chi connectivity index (χ1) is 43.2. The van der Waals surface area contributed by atoms with Crippen LogP contribution in [0.25, 0.3) is 54.3 Å². The van der Waals surface area contributed by atoms with E-state index in [1.165, 1.54) is 18.4 Å². The lowest BCUT2D eigenvalue weighted by Gasteiger charge is -2.28. The van der Waals surface area contributed by atoms with E-state index < -0.39 is 0 Å². The van der Waals surface area contributed by atoms with E-state index in [1.54, 1.807) is 12.1 Å². The number of fused-ring (bicyclic) bond motifs is 4. The van der Waals surface area contributed by atoms with Gasteiger partial charge in [0.2, 0.25) is 29.7 Å². The highest BCUT2D eigenvalue weighted by Gasteiger charge is 2.30. The number of nitrogens with one attached hydrogen (secondary N) is 4. The number of carbonyl (C=O) groups excluding carboxylic acids is 1. The highest BCUT2D eigenvalue weighted by molar-refractivity contribution is 5.92. The Labute approximate surface area is 538 Å². The van der Waals surface area contributed by atoms with Crippen molar-refractivity contribution in [1.29, 1.82) is 0 Å². The van der Waals surface area contributed by atoms with Gasteiger partial charge in [-0.15, -0.1) is 0 Å². The number of hydrogen-bond acceptors (Lipinski definition) is 12. The van der Waals surface area contributed by atoms with Gasteiger partial charge in [0.15, 0.2) is 11.3 Å². The highest BCUT2D eigenvalue weighted by atomic mass is 16.1. The van der Waals surface area contributed by atoms with E-state index >= 15 is 0 Å². The van der Waals surface area contributed by atoms with Gasteiger partial charge in [-0.1, -0.05) is 149 Å². The van der Waals surface area contributed by atoms with E-state index in [4.69, 9.17) is 13.1 Å². The highest BCUT2D eigenvalue weighted by Crippen LogP contribution is 2.39. The van der Waals surface area contributed by atoms with Crippen LogP contribution < -0.4 is 21.3 Å². The monoisotopic (exact) mass is 1230 g/mol. The minimum Gasteiger partial charge on any atom is -0.361 e. The number of amides is 1. The van der Waals surface area contributed by atoms with Crippen LogP contribution in [0.5, 0.6) is 0 Å². The van der Waals surface area contributed by atoms with Crippen LogP contribution in [0.3, 0.4) is 0 Å². The first-order valence-electron chi connectivity index (χ1n) is 32.1. The molecule has 2 aliphatic carbocycles. The molecule has 0 aliphatic heterocycles. The lowest BCUT2D eigenvalue weighted by atomic mass is 9.91. The molecule has 19 heteroatoms. The van der Waals surface area contributed by atoms with Crippen LogP contribution in [0.4, 0.5) is 35.4 Å². The number of hydrogen-bond donors (Lipinski definition) is 4. The summed E-state index contributed by atoms with van der Waals surface area (Å²) in [5.74, 6) is 5.87. The van der Waals surface area contributed by atoms with Crippen molar-refractivity contribution in [2.24, 2.45) is 29.1 Å². The Morgan fingerprint density at radius 3 is 1.27 bits per heavy atom. The Hall–Kier alpha value is -9.23. The number of carbonyl (C=O) groups is 1. The molecule has 8 heterocycles. The maximum absolute atomic E-state index is 12.5. The summed E-state index contributed by atoms with van der Waals surface area (Å²) < 4.78 is 8.47. The predicted molar refractivity (Wildman–Crippen MR) is 372 cm³/mol. The van der Waals surface area contributed by atoms with E-state index in [2.05, 4.69) is 180 Å². The molecule has 478 valence electrons. The molecule has 19 nitrogen and oxygen atoms in total. The fourth-order valence-corrected chi connectivity index (χ4v) is 11.0. The second-order valence-electron chi connectivity index (χ2n) is 27.3. The van der Waals surface area contributed by atoms with Crippen molar-refractivity contribution in [1.82, 2.24) is 58.1 Å². The van der Waals surface area contributed by atoms with E-state index in [0.29, 0.717) is 59.8 Å². The summed E-state index contributed by atoms with van der Waals surface area (Å²) >= 11 is 0. The molecule has 1 amide bonds. The maximum Gasteiger partial charge on any atom is 0.271 e. The van der Waals surface area contributed by atoms with E-state index in [-0.39, 0.29) is 11.3 Å². The van der Waals surface area contributed by atoms with Crippen molar-refractivity contribution in [3.8, 4) is 0 Å². The van der Waals surface area contributed by atoms with Crippen molar-refractivity contribution >= 4 is 86.0 Å². The Morgan fingerprint density at radius 1 is 0.505 bits per heavy atom. The summed E-state index contributed by atoms with van der Waals surface area (Å²) in [6.45, 7) is 58.3. The number of aromatic nitrogens is 12. The lowest BCUT2D eigenvalue weighted by molar-refractivity contribution is -0.115. The second-order valence-corrected chi connectivity index (χ2v) is 27.3. The van der Waals surface area contributed by atoms with Crippen LogP contribution in [0.2, 0.25) is 0 Å². The third kappa shape index (κ3) is 18.2. The average molecular weight is 1230 g/mol. The summed E-state index contributed by atoms with van der Waals surface area (Å²) in [5.41, 5.74) is 14.0.